The maximum atomic E-state index is 13.4. The Morgan fingerprint density at radius 3 is 2.63 bits per heavy atom. The molecule has 0 unspecified atom stereocenters. The van der Waals surface area contributed by atoms with Crippen LogP contribution in [0.1, 0.15) is 49.9 Å². The second kappa shape index (κ2) is 12.5. The monoisotopic (exact) mass is 640 g/mol. The van der Waals surface area contributed by atoms with Crippen molar-refractivity contribution in [3.63, 3.8) is 0 Å². The number of nitrogens with two attached hydrogens (primary N) is 1. The Balaban J connectivity index is 1.32. The van der Waals surface area contributed by atoms with Gasteiger partial charge in [-0.05, 0) is 38.8 Å². The summed E-state index contributed by atoms with van der Waals surface area (Å²) < 4.78 is 33.9. The van der Waals surface area contributed by atoms with E-state index >= 15 is 0 Å². The number of carboxylic acids is 1. The molecule has 4 heterocycles. The largest absolute Gasteiger partial charge is 0.478 e. The summed E-state index contributed by atoms with van der Waals surface area (Å²) in [6.45, 7) is 1.96. The number of carbonyl (C=O) groups is 3. The standard InChI is InChI=1S/C23H32N10O8S2/c24-22-28-15(12-42-22)17(31-41-23(21(36)37)5-1-2-6-23)19(34)29-18-16(33(20(18)35)43(38,39)40)11-32-27-10-14(30-32)9-26-13-3-7-25-8-4-13/h10,12-13,16,18,25-26H,1-9,11H2,(H2,24,28)(H,29,34)(H,36,37)(H,38,39,40)/b31-17-/t16-,18+/m1/s1. The Hall–Kier alpha value is -3.72. The molecule has 0 spiro atoms. The number of carbonyl (C=O) groups excluding carboxylic acids is 2. The van der Waals surface area contributed by atoms with E-state index in [1.54, 1.807) is 0 Å². The van der Waals surface area contributed by atoms with Crippen LogP contribution >= 0.6 is 11.3 Å². The van der Waals surface area contributed by atoms with Crippen molar-refractivity contribution in [2.45, 2.75) is 75.3 Å². The van der Waals surface area contributed by atoms with Crippen molar-refractivity contribution >= 4 is 50.3 Å². The molecule has 0 bridgehead atoms. The predicted molar refractivity (Wildman–Crippen MR) is 150 cm³/mol. The molecule has 7 N–H and O–H groups in total. The van der Waals surface area contributed by atoms with Gasteiger partial charge in [0.25, 0.3) is 11.8 Å². The smallest absolute Gasteiger partial charge is 0.362 e. The third kappa shape index (κ3) is 6.77. The van der Waals surface area contributed by atoms with Crippen LogP contribution in [0, 0.1) is 0 Å². The number of hydrogen-bond acceptors (Lipinski definition) is 14. The number of carboxylic acid groups (broad SMARTS) is 1. The third-order valence-corrected chi connectivity index (χ3v) is 9.26. The van der Waals surface area contributed by atoms with Crippen LogP contribution in [-0.2, 0) is 42.6 Å². The second-order valence-corrected chi connectivity index (χ2v) is 12.7. The highest BCUT2D eigenvalue weighted by Crippen LogP contribution is 2.34. The molecule has 234 valence electrons. The van der Waals surface area contributed by atoms with Crippen molar-refractivity contribution in [1.82, 2.24) is 40.2 Å². The molecule has 2 saturated heterocycles. The van der Waals surface area contributed by atoms with E-state index in [-0.39, 0.29) is 34.5 Å². The lowest BCUT2D eigenvalue weighted by atomic mass is 9.98. The molecule has 1 aliphatic carbocycles. The zero-order chi connectivity index (χ0) is 30.8. The Labute approximate surface area is 249 Å². The number of amides is 2. The molecule has 1 saturated carbocycles. The fourth-order valence-electron chi connectivity index (χ4n) is 5.32. The molecular formula is C23H32N10O8S2. The Morgan fingerprint density at radius 2 is 2.00 bits per heavy atom. The first kappa shape index (κ1) is 30.7. The summed E-state index contributed by atoms with van der Waals surface area (Å²) in [7, 11) is -4.98. The summed E-state index contributed by atoms with van der Waals surface area (Å²) in [4.78, 5) is 48.7. The summed E-state index contributed by atoms with van der Waals surface area (Å²) >= 11 is 0.992. The van der Waals surface area contributed by atoms with Crippen molar-refractivity contribution in [1.29, 1.82) is 0 Å². The molecule has 3 aliphatic rings. The van der Waals surface area contributed by atoms with Crippen molar-refractivity contribution < 1.29 is 37.3 Å². The lowest BCUT2D eigenvalue weighted by molar-refractivity contribution is -0.165. The number of anilines is 1. The van der Waals surface area contributed by atoms with Crippen LogP contribution in [0.25, 0.3) is 0 Å². The number of oxime groups is 1. The van der Waals surface area contributed by atoms with Crippen molar-refractivity contribution in [2.75, 3.05) is 18.8 Å². The van der Waals surface area contributed by atoms with Gasteiger partial charge in [-0.15, -0.1) is 11.3 Å². The van der Waals surface area contributed by atoms with E-state index in [4.69, 9.17) is 10.6 Å². The molecule has 2 aromatic heterocycles. The Morgan fingerprint density at radius 1 is 1.28 bits per heavy atom. The SMILES string of the molecule is Nc1nc(/C(=N/OC2(C(=O)O)CCCC2)C(=O)N[C@@H]2C(=O)N(S(=O)(=O)O)[C@@H]2Cn2ncc(CNC3CCNCC3)n2)cs1. The Kier molecular flexibility index (Phi) is 8.92. The van der Waals surface area contributed by atoms with Crippen LogP contribution in [0.5, 0.6) is 0 Å². The molecule has 2 atom stereocenters. The molecule has 5 rings (SSSR count). The van der Waals surface area contributed by atoms with Gasteiger partial charge in [-0.1, -0.05) is 5.16 Å². The van der Waals surface area contributed by atoms with Crippen LogP contribution in [0.3, 0.4) is 0 Å². The van der Waals surface area contributed by atoms with Crippen molar-refractivity contribution in [3.8, 4) is 0 Å². The fourth-order valence-corrected chi connectivity index (χ4v) is 6.74. The van der Waals surface area contributed by atoms with E-state index in [1.165, 1.54) is 16.4 Å². The minimum absolute atomic E-state index is 0.0341. The average molecular weight is 641 g/mol. The van der Waals surface area contributed by atoms with E-state index in [0.717, 1.165) is 37.3 Å². The first-order valence-corrected chi connectivity index (χ1v) is 15.9. The maximum absolute atomic E-state index is 13.4. The van der Waals surface area contributed by atoms with Crippen LogP contribution in [0.4, 0.5) is 5.13 Å². The minimum atomic E-state index is -4.98. The van der Waals surface area contributed by atoms with E-state index in [9.17, 15) is 32.5 Å². The van der Waals surface area contributed by atoms with E-state index in [1.807, 2.05) is 0 Å². The molecular weight excluding hydrogens is 608 g/mol. The van der Waals surface area contributed by atoms with Crippen molar-refractivity contribution in [2.24, 2.45) is 5.16 Å². The number of aliphatic carboxylic acids is 1. The molecule has 3 fully saturated rings. The van der Waals surface area contributed by atoms with Crippen LogP contribution in [-0.4, -0.2) is 103 Å². The molecule has 2 aliphatic heterocycles. The number of nitrogen functional groups attached to an aromatic ring is 1. The third-order valence-electron chi connectivity index (χ3n) is 7.64. The van der Waals surface area contributed by atoms with Crippen molar-refractivity contribution in [3.05, 3.63) is 23.0 Å². The topological polar surface area (TPSA) is 256 Å². The first-order chi connectivity index (χ1) is 20.5. The summed E-state index contributed by atoms with van der Waals surface area (Å²) in [6.07, 6.45) is 4.96. The maximum Gasteiger partial charge on any atom is 0.362 e. The zero-order valence-electron chi connectivity index (χ0n) is 22.9. The summed E-state index contributed by atoms with van der Waals surface area (Å²) in [5.74, 6) is -3.33. The van der Waals surface area contributed by atoms with Gasteiger partial charge in [-0.25, -0.2) is 14.1 Å². The van der Waals surface area contributed by atoms with Gasteiger partial charge in [-0.3, -0.25) is 14.1 Å². The molecule has 0 aromatic carbocycles. The highest BCUT2D eigenvalue weighted by molar-refractivity contribution is 7.84. The lowest BCUT2D eigenvalue weighted by Gasteiger charge is -2.43. The summed E-state index contributed by atoms with van der Waals surface area (Å²) in [5, 5.41) is 32.6. The zero-order valence-corrected chi connectivity index (χ0v) is 24.5. The quantitative estimate of drug-likeness (QED) is 0.0666. The number of nitrogens with one attached hydrogen (secondary N) is 3. The molecule has 2 amide bonds. The van der Waals surface area contributed by atoms with Crippen LogP contribution in [0.2, 0.25) is 0 Å². The van der Waals surface area contributed by atoms with Gasteiger partial charge in [0.1, 0.15) is 17.8 Å². The number of rotatable bonds is 12. The van der Waals surface area contributed by atoms with Gasteiger partial charge in [0.2, 0.25) is 5.60 Å². The van der Waals surface area contributed by atoms with E-state index < -0.39 is 51.5 Å². The van der Waals surface area contributed by atoms with Gasteiger partial charge in [0.15, 0.2) is 10.8 Å². The second-order valence-electron chi connectivity index (χ2n) is 10.5. The minimum Gasteiger partial charge on any atom is -0.478 e. The Bertz CT molecular complexity index is 1500. The lowest BCUT2D eigenvalue weighted by Crippen LogP contribution is -2.73. The molecule has 18 nitrogen and oxygen atoms in total. The fraction of sp³-hybridized carbons (Fsp3) is 0.609. The normalized spacial score (nSPS) is 22.8. The van der Waals surface area contributed by atoms with Gasteiger partial charge in [-0.2, -0.15) is 23.4 Å². The molecule has 2 aromatic rings. The predicted octanol–water partition coefficient (Wildman–Crippen LogP) is -1.52. The molecule has 43 heavy (non-hydrogen) atoms. The number of piperidine rings is 1. The average Bonchev–Trinajstić information content (AvgIpc) is 3.72. The molecule has 20 heteroatoms. The summed E-state index contributed by atoms with van der Waals surface area (Å²) in [6, 6.07) is -2.40. The number of nitrogens with zero attached hydrogens (tertiary/aromatic N) is 6. The van der Waals surface area contributed by atoms with Gasteiger partial charge < -0.3 is 31.6 Å². The van der Waals surface area contributed by atoms with Gasteiger partial charge in [0.05, 0.1) is 18.4 Å². The molecule has 0 radical (unpaired) electrons. The highest BCUT2D eigenvalue weighted by atomic mass is 32.2. The highest BCUT2D eigenvalue weighted by Gasteiger charge is 2.55. The van der Waals surface area contributed by atoms with E-state index in [2.05, 4.69) is 36.3 Å². The van der Waals surface area contributed by atoms with E-state index in [0.29, 0.717) is 31.1 Å². The summed E-state index contributed by atoms with van der Waals surface area (Å²) in [5.41, 5.74) is 4.17. The number of thiazole rings is 1. The van der Waals surface area contributed by atoms with Gasteiger partial charge >= 0.3 is 16.3 Å². The van der Waals surface area contributed by atoms with Crippen LogP contribution in [0.15, 0.2) is 16.7 Å². The van der Waals surface area contributed by atoms with Crippen LogP contribution < -0.4 is 21.7 Å². The number of aromatic nitrogens is 4. The number of β-lactam (4-membered cyclic amide) rings is 1. The number of hydrogen-bond donors (Lipinski definition) is 6. The van der Waals surface area contributed by atoms with Gasteiger partial charge in [0, 0.05) is 30.8 Å². The first-order valence-electron chi connectivity index (χ1n) is 13.6.